The molecule has 2 rings (SSSR count). The minimum absolute atomic E-state index is 0.110. The molecular weight excluding hydrogens is 152 g/mol. The largest absolute Gasteiger partial charge is 0.386 e. The number of aromatic amines is 1. The highest BCUT2D eigenvalue weighted by atomic mass is 16.1. The van der Waals surface area contributed by atoms with Crippen LogP contribution in [-0.2, 0) is 0 Å². The van der Waals surface area contributed by atoms with E-state index in [9.17, 15) is 4.79 Å². The molecule has 2 N–H and O–H groups in total. The van der Waals surface area contributed by atoms with Crippen molar-refractivity contribution in [3.05, 3.63) is 22.3 Å². The van der Waals surface area contributed by atoms with E-state index in [2.05, 4.69) is 10.3 Å². The normalized spacial score (nSPS) is 13.8. The highest BCUT2D eigenvalue weighted by molar-refractivity contribution is 5.94. The fourth-order valence-corrected chi connectivity index (χ4v) is 1.40. The van der Waals surface area contributed by atoms with Gasteiger partial charge in [-0.3, -0.25) is 4.79 Å². The lowest BCUT2D eigenvalue weighted by molar-refractivity contribution is 0.101. The molecule has 0 bridgehead atoms. The number of aromatic nitrogens is 1. The van der Waals surface area contributed by atoms with E-state index in [1.165, 1.54) is 0 Å². The smallest absolute Gasteiger partial charge is 0.161 e. The number of carbonyl (C=O) groups is 1. The average molecular weight is 162 g/mol. The summed E-state index contributed by atoms with van der Waals surface area (Å²) in [6.07, 6.45) is 5.66. The van der Waals surface area contributed by atoms with Gasteiger partial charge in [-0.15, -0.1) is 0 Å². The van der Waals surface area contributed by atoms with Gasteiger partial charge < -0.3 is 10.3 Å². The maximum atomic E-state index is 11.1. The van der Waals surface area contributed by atoms with Gasteiger partial charge in [0.25, 0.3) is 0 Å². The van der Waals surface area contributed by atoms with Gasteiger partial charge in [-0.2, -0.15) is 0 Å². The SMILES string of the molecule is CC(=O)c1c[nH]c2c1=CCNC=2. The van der Waals surface area contributed by atoms with Gasteiger partial charge in [0.15, 0.2) is 5.78 Å². The van der Waals surface area contributed by atoms with Gasteiger partial charge >= 0.3 is 0 Å². The van der Waals surface area contributed by atoms with Crippen LogP contribution in [0.4, 0.5) is 0 Å². The first-order valence-electron chi connectivity index (χ1n) is 3.91. The van der Waals surface area contributed by atoms with Crippen molar-refractivity contribution in [1.29, 1.82) is 0 Å². The number of rotatable bonds is 1. The minimum atomic E-state index is 0.110. The molecule has 0 saturated carbocycles. The third kappa shape index (κ3) is 0.942. The topological polar surface area (TPSA) is 44.9 Å². The second-order valence-corrected chi connectivity index (χ2v) is 2.84. The van der Waals surface area contributed by atoms with E-state index in [4.69, 9.17) is 0 Å². The average Bonchev–Trinajstić information content (AvgIpc) is 2.47. The van der Waals surface area contributed by atoms with Gasteiger partial charge in [-0.25, -0.2) is 0 Å². The Morgan fingerprint density at radius 3 is 3.17 bits per heavy atom. The zero-order valence-corrected chi connectivity index (χ0v) is 6.85. The summed E-state index contributed by atoms with van der Waals surface area (Å²) in [6.45, 7) is 2.38. The van der Waals surface area contributed by atoms with Crippen molar-refractivity contribution in [2.45, 2.75) is 6.92 Å². The molecule has 0 radical (unpaired) electrons. The van der Waals surface area contributed by atoms with Crippen molar-refractivity contribution in [2.75, 3.05) is 6.54 Å². The van der Waals surface area contributed by atoms with Crippen LogP contribution in [0.1, 0.15) is 17.3 Å². The minimum Gasteiger partial charge on any atom is -0.386 e. The van der Waals surface area contributed by atoms with Crippen LogP contribution in [0.15, 0.2) is 6.20 Å². The van der Waals surface area contributed by atoms with Crippen molar-refractivity contribution in [1.82, 2.24) is 10.3 Å². The van der Waals surface area contributed by atoms with E-state index in [-0.39, 0.29) is 5.78 Å². The van der Waals surface area contributed by atoms with E-state index >= 15 is 0 Å². The summed E-state index contributed by atoms with van der Waals surface area (Å²) < 4.78 is 0. The van der Waals surface area contributed by atoms with Gasteiger partial charge in [-0.1, -0.05) is 6.08 Å². The second-order valence-electron chi connectivity index (χ2n) is 2.84. The van der Waals surface area contributed by atoms with Crippen molar-refractivity contribution in [3.8, 4) is 0 Å². The maximum absolute atomic E-state index is 11.1. The van der Waals surface area contributed by atoms with Crippen LogP contribution in [0.2, 0.25) is 0 Å². The number of H-pyrrole nitrogens is 1. The van der Waals surface area contributed by atoms with E-state index in [1.54, 1.807) is 13.1 Å². The number of ketones is 1. The van der Waals surface area contributed by atoms with Crippen LogP contribution in [0, 0.1) is 0 Å². The summed E-state index contributed by atoms with van der Waals surface area (Å²) in [5.74, 6) is 0.110. The fourth-order valence-electron chi connectivity index (χ4n) is 1.40. The van der Waals surface area contributed by atoms with E-state index in [0.717, 1.165) is 22.7 Å². The first-order chi connectivity index (χ1) is 5.79. The molecule has 3 heteroatoms. The second kappa shape index (κ2) is 2.52. The zero-order chi connectivity index (χ0) is 8.55. The molecule has 12 heavy (non-hydrogen) atoms. The zero-order valence-electron chi connectivity index (χ0n) is 6.85. The molecule has 0 unspecified atom stereocenters. The first-order valence-corrected chi connectivity index (χ1v) is 3.91. The number of hydrogen-bond acceptors (Lipinski definition) is 2. The lowest BCUT2D eigenvalue weighted by Gasteiger charge is -1.98. The third-order valence-corrected chi connectivity index (χ3v) is 2.00. The summed E-state index contributed by atoms with van der Waals surface area (Å²) in [4.78, 5) is 14.1. The molecule has 0 atom stereocenters. The number of carbonyl (C=O) groups excluding carboxylic acids is 1. The molecule has 3 nitrogen and oxygen atoms in total. The molecule has 1 aromatic rings. The van der Waals surface area contributed by atoms with Crippen molar-refractivity contribution in [2.24, 2.45) is 0 Å². The molecule has 1 aliphatic rings. The Kier molecular flexibility index (Phi) is 1.50. The van der Waals surface area contributed by atoms with Gasteiger partial charge in [0.2, 0.25) is 0 Å². The summed E-state index contributed by atoms with van der Waals surface area (Å²) >= 11 is 0. The molecule has 1 aromatic heterocycles. The van der Waals surface area contributed by atoms with Crippen LogP contribution < -0.4 is 15.9 Å². The lowest BCUT2D eigenvalue weighted by Crippen LogP contribution is -2.34. The summed E-state index contributed by atoms with van der Waals surface area (Å²) in [5, 5.41) is 5.09. The highest BCUT2D eigenvalue weighted by Gasteiger charge is 2.05. The molecular formula is C9H10N2O. The summed E-state index contributed by atoms with van der Waals surface area (Å²) in [6, 6.07) is 0. The Morgan fingerprint density at radius 1 is 1.58 bits per heavy atom. The summed E-state index contributed by atoms with van der Waals surface area (Å²) in [5.41, 5.74) is 0.780. The molecule has 0 amide bonds. The lowest BCUT2D eigenvalue weighted by atomic mass is 10.2. The number of nitrogens with one attached hydrogen (secondary N) is 2. The van der Waals surface area contributed by atoms with Crippen molar-refractivity contribution in [3.63, 3.8) is 0 Å². The van der Waals surface area contributed by atoms with Crippen molar-refractivity contribution >= 4 is 18.1 Å². The van der Waals surface area contributed by atoms with Gasteiger partial charge in [-0.05, 0) is 6.92 Å². The molecule has 2 heterocycles. The number of hydrogen-bond donors (Lipinski definition) is 2. The molecule has 0 aromatic carbocycles. The third-order valence-electron chi connectivity index (χ3n) is 2.00. The Balaban J connectivity index is 2.76. The summed E-state index contributed by atoms with van der Waals surface area (Å²) in [7, 11) is 0. The molecule has 1 aliphatic heterocycles. The van der Waals surface area contributed by atoms with Gasteiger partial charge in [0, 0.05) is 29.7 Å². The first kappa shape index (κ1) is 7.16. The van der Waals surface area contributed by atoms with Crippen LogP contribution in [0.5, 0.6) is 0 Å². The Bertz CT molecular complexity index is 428. The quantitative estimate of drug-likeness (QED) is 0.538. The van der Waals surface area contributed by atoms with E-state index in [1.807, 2.05) is 12.3 Å². The van der Waals surface area contributed by atoms with E-state index < -0.39 is 0 Å². The Hall–Kier alpha value is -1.51. The predicted octanol–water partition coefficient (Wildman–Crippen LogP) is -0.661. The number of Topliss-reactive ketones (excluding diaryl/α,β-unsaturated/α-hetero) is 1. The standard InChI is InChI=1S/C9H10N2O/c1-6(12)8-4-11-9-5-10-3-2-7(8)9/h2,4-5,10-11H,3H2,1H3. The van der Waals surface area contributed by atoms with Crippen LogP contribution in [-0.4, -0.2) is 17.3 Å². The Morgan fingerprint density at radius 2 is 2.42 bits per heavy atom. The van der Waals surface area contributed by atoms with Crippen molar-refractivity contribution < 1.29 is 4.79 Å². The van der Waals surface area contributed by atoms with Crippen LogP contribution in [0.3, 0.4) is 0 Å². The molecule has 0 saturated heterocycles. The van der Waals surface area contributed by atoms with Gasteiger partial charge in [0.1, 0.15) is 0 Å². The fraction of sp³-hybridized carbons (Fsp3) is 0.222. The molecule has 0 fully saturated rings. The molecule has 62 valence electrons. The van der Waals surface area contributed by atoms with Crippen LogP contribution in [0.25, 0.3) is 12.3 Å². The number of fused-ring (bicyclic) bond motifs is 1. The highest BCUT2D eigenvalue weighted by Crippen LogP contribution is 1.88. The maximum Gasteiger partial charge on any atom is 0.161 e. The Labute approximate surface area is 69.8 Å². The van der Waals surface area contributed by atoms with E-state index in [0.29, 0.717) is 0 Å². The predicted molar refractivity (Wildman–Crippen MR) is 47.0 cm³/mol. The molecule has 0 aliphatic carbocycles. The monoisotopic (exact) mass is 162 g/mol. The molecule has 0 spiro atoms. The van der Waals surface area contributed by atoms with Gasteiger partial charge in [0.05, 0.1) is 5.35 Å². The van der Waals surface area contributed by atoms with Crippen LogP contribution >= 0.6 is 0 Å².